The van der Waals surface area contributed by atoms with Gasteiger partial charge in [-0.05, 0) is 74.0 Å². The zero-order chi connectivity index (χ0) is 25.9. The predicted molar refractivity (Wildman–Crippen MR) is 154 cm³/mol. The van der Waals surface area contributed by atoms with Gasteiger partial charge >= 0.3 is 0 Å². The smallest absolute Gasteiger partial charge is 0.229 e. The van der Waals surface area contributed by atoms with Crippen LogP contribution in [0.3, 0.4) is 0 Å². The number of nitrogens with zero attached hydrogens (tertiary/aromatic N) is 6. The van der Waals surface area contributed by atoms with Crippen molar-refractivity contribution >= 4 is 74.0 Å². The predicted octanol–water partition coefficient (Wildman–Crippen LogP) is 5.48. The minimum Gasteiger partial charge on any atom is -0.352 e. The standard InChI is InChI=1S/C25H24ClFN8S2/c1-15-13-16(2)29-23(28-15)31-24(32-25(36)30-17-7-8-20(27)19(26)14-17)35-11-9-34(10-12-35)22-18-5-3-4-6-21(18)37-33-22/h3-8,13-14H,9-12H2,1-2H3,(H2,28,29,30,31,32,36). The second kappa shape index (κ2) is 10.9. The Morgan fingerprint density at radius 3 is 2.49 bits per heavy atom. The molecule has 1 aliphatic rings. The van der Waals surface area contributed by atoms with Crippen molar-refractivity contribution in [2.75, 3.05) is 41.7 Å². The number of aromatic nitrogens is 3. The molecule has 8 nitrogen and oxygen atoms in total. The Hall–Kier alpha value is -3.41. The van der Waals surface area contributed by atoms with E-state index in [1.807, 2.05) is 32.0 Å². The lowest BCUT2D eigenvalue weighted by atomic mass is 10.2. The van der Waals surface area contributed by atoms with Crippen molar-refractivity contribution in [3.8, 4) is 0 Å². The summed E-state index contributed by atoms with van der Waals surface area (Å²) in [5.74, 6) is 1.48. The summed E-state index contributed by atoms with van der Waals surface area (Å²) in [6.07, 6.45) is 0. The van der Waals surface area contributed by atoms with Crippen LogP contribution >= 0.6 is 35.4 Å². The van der Waals surface area contributed by atoms with Crippen LogP contribution in [0.1, 0.15) is 11.4 Å². The Morgan fingerprint density at radius 1 is 1.03 bits per heavy atom. The molecule has 2 N–H and O–H groups in total. The van der Waals surface area contributed by atoms with Crippen LogP contribution in [0.2, 0.25) is 5.02 Å². The molecule has 12 heteroatoms. The fourth-order valence-electron chi connectivity index (χ4n) is 4.11. The summed E-state index contributed by atoms with van der Waals surface area (Å²) in [6, 6.07) is 14.5. The minimum absolute atomic E-state index is 0.00412. The summed E-state index contributed by atoms with van der Waals surface area (Å²) in [6.45, 7) is 6.73. The lowest BCUT2D eigenvalue weighted by molar-refractivity contribution is 0.384. The first-order valence-corrected chi connectivity index (χ1v) is 13.2. The molecule has 5 rings (SSSR count). The van der Waals surface area contributed by atoms with Gasteiger partial charge in [0.2, 0.25) is 17.0 Å². The fourth-order valence-corrected chi connectivity index (χ4v) is 5.29. The van der Waals surface area contributed by atoms with Crippen molar-refractivity contribution in [3.63, 3.8) is 0 Å². The maximum absolute atomic E-state index is 13.6. The van der Waals surface area contributed by atoms with Gasteiger partial charge in [0.25, 0.3) is 0 Å². The molecule has 0 bridgehead atoms. The molecule has 0 unspecified atom stereocenters. The van der Waals surface area contributed by atoms with E-state index in [1.165, 1.54) is 33.8 Å². The highest BCUT2D eigenvalue weighted by Crippen LogP contribution is 2.30. The zero-order valence-corrected chi connectivity index (χ0v) is 22.6. The maximum Gasteiger partial charge on any atom is 0.229 e. The number of hydrogen-bond donors (Lipinski definition) is 2. The molecule has 1 fully saturated rings. The third kappa shape index (κ3) is 5.95. The van der Waals surface area contributed by atoms with Crippen molar-refractivity contribution in [2.24, 2.45) is 4.99 Å². The van der Waals surface area contributed by atoms with Gasteiger partial charge in [0.15, 0.2) is 0 Å². The highest BCUT2D eigenvalue weighted by molar-refractivity contribution is 7.80. The average Bonchev–Trinajstić information content (AvgIpc) is 3.30. The number of guanidine groups is 1. The average molecular weight is 555 g/mol. The molecule has 1 saturated heterocycles. The molecule has 190 valence electrons. The van der Waals surface area contributed by atoms with E-state index >= 15 is 0 Å². The summed E-state index contributed by atoms with van der Waals surface area (Å²) in [5.41, 5.74) is 2.23. The van der Waals surface area contributed by atoms with Gasteiger partial charge in [-0.3, -0.25) is 5.32 Å². The van der Waals surface area contributed by atoms with Gasteiger partial charge in [-0.15, -0.1) is 0 Å². The molecule has 2 aromatic heterocycles. The molecule has 0 atom stereocenters. The zero-order valence-electron chi connectivity index (χ0n) is 20.2. The van der Waals surface area contributed by atoms with E-state index in [9.17, 15) is 4.39 Å². The van der Waals surface area contributed by atoms with Gasteiger partial charge in [0.1, 0.15) is 11.6 Å². The second-order valence-electron chi connectivity index (χ2n) is 8.57. The lowest BCUT2D eigenvalue weighted by Crippen LogP contribution is -2.51. The van der Waals surface area contributed by atoms with Gasteiger partial charge in [0, 0.05) is 48.6 Å². The minimum atomic E-state index is -0.498. The van der Waals surface area contributed by atoms with Crippen LogP contribution < -0.4 is 15.5 Å². The molecule has 37 heavy (non-hydrogen) atoms. The summed E-state index contributed by atoms with van der Waals surface area (Å²) in [7, 11) is 0. The van der Waals surface area contributed by atoms with Gasteiger partial charge in [-0.2, -0.15) is 9.37 Å². The SMILES string of the molecule is Cc1cc(C)nc(N/C(=N/C(=S)Nc2ccc(F)c(Cl)c2)N2CCN(c3nsc4ccccc34)CC2)n1. The molecular formula is C25H24ClFN8S2. The van der Waals surface area contributed by atoms with Crippen molar-refractivity contribution in [1.29, 1.82) is 0 Å². The first kappa shape index (κ1) is 25.2. The van der Waals surface area contributed by atoms with Crippen LogP contribution in [0.25, 0.3) is 10.1 Å². The molecule has 1 aliphatic heterocycles. The largest absolute Gasteiger partial charge is 0.352 e. The normalized spacial score (nSPS) is 14.2. The molecule has 0 saturated carbocycles. The maximum atomic E-state index is 13.6. The van der Waals surface area contributed by atoms with Crippen LogP contribution in [0.5, 0.6) is 0 Å². The summed E-state index contributed by atoms with van der Waals surface area (Å²) in [5, 5.41) is 7.63. The molecule has 2 aromatic carbocycles. The first-order chi connectivity index (χ1) is 17.9. The van der Waals surface area contributed by atoms with Crippen LogP contribution in [0.15, 0.2) is 53.5 Å². The number of hydrogen-bond acceptors (Lipinski definition) is 6. The van der Waals surface area contributed by atoms with Crippen molar-refractivity contribution in [2.45, 2.75) is 13.8 Å². The highest BCUT2D eigenvalue weighted by atomic mass is 35.5. The van der Waals surface area contributed by atoms with E-state index in [2.05, 4.69) is 47.5 Å². The first-order valence-electron chi connectivity index (χ1n) is 11.6. The Labute approximate surface area is 228 Å². The highest BCUT2D eigenvalue weighted by Gasteiger charge is 2.24. The van der Waals surface area contributed by atoms with E-state index in [4.69, 9.17) is 28.2 Å². The molecule has 0 aliphatic carbocycles. The van der Waals surface area contributed by atoms with Crippen LogP contribution in [-0.4, -0.2) is 56.5 Å². The van der Waals surface area contributed by atoms with Crippen molar-refractivity contribution < 1.29 is 4.39 Å². The number of aliphatic imine (C=N–C) groups is 1. The Bertz CT molecular complexity index is 1460. The van der Waals surface area contributed by atoms with Gasteiger partial charge in [0.05, 0.1) is 9.72 Å². The Kier molecular flexibility index (Phi) is 7.45. The molecule has 0 amide bonds. The van der Waals surface area contributed by atoms with Crippen LogP contribution in [0, 0.1) is 19.7 Å². The van der Waals surface area contributed by atoms with Crippen LogP contribution in [-0.2, 0) is 0 Å². The molecule has 4 aromatic rings. The molecule has 3 heterocycles. The third-order valence-corrected chi connectivity index (χ3v) is 7.12. The summed E-state index contributed by atoms with van der Waals surface area (Å²) in [4.78, 5) is 18.0. The van der Waals surface area contributed by atoms with E-state index in [0.29, 0.717) is 30.7 Å². The second-order valence-corrected chi connectivity index (χ2v) is 10.2. The fraction of sp³-hybridized carbons (Fsp3) is 0.240. The molecule has 0 spiro atoms. The number of piperazine rings is 1. The lowest BCUT2D eigenvalue weighted by Gasteiger charge is -2.36. The van der Waals surface area contributed by atoms with E-state index in [1.54, 1.807) is 6.07 Å². The summed E-state index contributed by atoms with van der Waals surface area (Å²) < 4.78 is 19.4. The number of fused-ring (bicyclic) bond motifs is 1. The number of aryl methyl sites for hydroxylation is 2. The van der Waals surface area contributed by atoms with Crippen LogP contribution in [0.4, 0.5) is 21.8 Å². The summed E-state index contributed by atoms with van der Waals surface area (Å²) >= 11 is 12.9. The number of rotatable bonds is 3. The van der Waals surface area contributed by atoms with E-state index in [-0.39, 0.29) is 10.1 Å². The van der Waals surface area contributed by atoms with Crippen molar-refractivity contribution in [1.82, 2.24) is 19.2 Å². The molecular weight excluding hydrogens is 531 g/mol. The van der Waals surface area contributed by atoms with Crippen molar-refractivity contribution in [3.05, 3.63) is 70.8 Å². The topological polar surface area (TPSA) is 81.6 Å². The van der Waals surface area contributed by atoms with Gasteiger partial charge in [-0.1, -0.05) is 23.7 Å². The van der Waals surface area contributed by atoms with Gasteiger partial charge in [-0.25, -0.2) is 14.4 Å². The third-order valence-electron chi connectivity index (χ3n) is 5.82. The number of benzene rings is 2. The Morgan fingerprint density at radius 2 is 1.76 bits per heavy atom. The number of thiocarbonyl (C=S) groups is 1. The monoisotopic (exact) mass is 554 g/mol. The van der Waals surface area contributed by atoms with Gasteiger partial charge < -0.3 is 15.1 Å². The molecule has 0 radical (unpaired) electrons. The Balaban J connectivity index is 1.36. The van der Waals surface area contributed by atoms with E-state index < -0.39 is 5.82 Å². The quantitative estimate of drug-likeness (QED) is 0.196. The number of halogens is 2. The number of nitrogens with one attached hydrogen (secondary N) is 2. The van der Waals surface area contributed by atoms with E-state index in [0.717, 1.165) is 30.3 Å². The number of anilines is 3.